The first-order valence-electron chi connectivity index (χ1n) is 7.98. The van der Waals surface area contributed by atoms with Gasteiger partial charge in [-0.05, 0) is 37.1 Å². The smallest absolute Gasteiger partial charge is 0.240 e. The van der Waals surface area contributed by atoms with Crippen molar-refractivity contribution in [2.75, 3.05) is 20.3 Å². The molecule has 1 atom stereocenters. The quantitative estimate of drug-likeness (QED) is 0.885. The Balaban J connectivity index is 1.81. The standard InChI is InChI=1S/C18H20FNO4S/c1-12-17(8-7-16(23-2)18(12)19)25(21,22)20-11-13-9-10-24-15-6-4-3-5-14(13)15/h3-8,13,20H,9-11H2,1-2H3. The number of methoxy groups -OCH3 is 1. The van der Waals surface area contributed by atoms with Gasteiger partial charge in [-0.15, -0.1) is 0 Å². The fourth-order valence-electron chi connectivity index (χ4n) is 3.01. The van der Waals surface area contributed by atoms with Crippen LogP contribution < -0.4 is 14.2 Å². The molecule has 0 amide bonds. The summed E-state index contributed by atoms with van der Waals surface area (Å²) >= 11 is 0. The van der Waals surface area contributed by atoms with Crippen molar-refractivity contribution in [1.82, 2.24) is 4.72 Å². The number of ether oxygens (including phenoxy) is 2. The molecule has 0 saturated carbocycles. The molecule has 1 N–H and O–H groups in total. The Labute approximate surface area is 146 Å². The van der Waals surface area contributed by atoms with Gasteiger partial charge < -0.3 is 9.47 Å². The molecule has 3 rings (SSSR count). The molecule has 134 valence electrons. The van der Waals surface area contributed by atoms with E-state index in [0.717, 1.165) is 17.7 Å². The van der Waals surface area contributed by atoms with Crippen molar-refractivity contribution >= 4 is 10.0 Å². The maximum atomic E-state index is 14.2. The molecule has 25 heavy (non-hydrogen) atoms. The lowest BCUT2D eigenvalue weighted by Crippen LogP contribution is -2.31. The van der Waals surface area contributed by atoms with Gasteiger partial charge in [-0.25, -0.2) is 17.5 Å². The number of nitrogens with one attached hydrogen (secondary N) is 1. The molecule has 1 unspecified atom stereocenters. The van der Waals surface area contributed by atoms with E-state index >= 15 is 0 Å². The van der Waals surface area contributed by atoms with Crippen LogP contribution >= 0.6 is 0 Å². The third-order valence-corrected chi connectivity index (χ3v) is 5.98. The molecule has 5 nitrogen and oxygen atoms in total. The molecule has 0 spiro atoms. The highest BCUT2D eigenvalue weighted by Gasteiger charge is 2.25. The van der Waals surface area contributed by atoms with Crippen molar-refractivity contribution in [3.63, 3.8) is 0 Å². The van der Waals surface area contributed by atoms with Gasteiger partial charge in [0.2, 0.25) is 10.0 Å². The fourth-order valence-corrected chi connectivity index (χ4v) is 4.32. The Hall–Kier alpha value is -2.12. The maximum Gasteiger partial charge on any atom is 0.240 e. The minimum Gasteiger partial charge on any atom is -0.494 e. The Morgan fingerprint density at radius 1 is 1.28 bits per heavy atom. The maximum absolute atomic E-state index is 14.2. The van der Waals surface area contributed by atoms with Crippen LogP contribution in [0.1, 0.15) is 23.5 Å². The van der Waals surface area contributed by atoms with Gasteiger partial charge in [0.15, 0.2) is 11.6 Å². The second-order valence-electron chi connectivity index (χ2n) is 5.93. The van der Waals surface area contributed by atoms with Gasteiger partial charge in [0.1, 0.15) is 5.75 Å². The highest BCUT2D eigenvalue weighted by molar-refractivity contribution is 7.89. The topological polar surface area (TPSA) is 64.6 Å². The minimum absolute atomic E-state index is 0.0168. The molecule has 1 aliphatic heterocycles. The second-order valence-corrected chi connectivity index (χ2v) is 7.66. The lowest BCUT2D eigenvalue weighted by Gasteiger charge is -2.26. The van der Waals surface area contributed by atoms with Crippen LogP contribution in [0.2, 0.25) is 0 Å². The van der Waals surface area contributed by atoms with Crippen LogP contribution in [0.3, 0.4) is 0 Å². The molecule has 0 aromatic heterocycles. The molecule has 0 saturated heterocycles. The van der Waals surface area contributed by atoms with Gasteiger partial charge in [-0.1, -0.05) is 18.2 Å². The Morgan fingerprint density at radius 3 is 2.80 bits per heavy atom. The highest BCUT2D eigenvalue weighted by Crippen LogP contribution is 2.33. The SMILES string of the molecule is COc1ccc(S(=O)(=O)NCC2CCOc3ccccc32)c(C)c1F. The minimum atomic E-state index is -3.83. The van der Waals surface area contributed by atoms with E-state index in [0.29, 0.717) is 6.61 Å². The zero-order chi connectivity index (χ0) is 18.0. The molecule has 0 bridgehead atoms. The first kappa shape index (κ1) is 17.7. The zero-order valence-corrected chi connectivity index (χ0v) is 14.9. The summed E-state index contributed by atoms with van der Waals surface area (Å²) in [5.74, 6) is 0.157. The summed E-state index contributed by atoms with van der Waals surface area (Å²) in [7, 11) is -2.49. The molecule has 0 fully saturated rings. The van der Waals surface area contributed by atoms with E-state index in [2.05, 4.69) is 4.72 Å². The zero-order valence-electron chi connectivity index (χ0n) is 14.1. The van der Waals surface area contributed by atoms with Crippen molar-refractivity contribution in [3.05, 3.63) is 53.3 Å². The number of para-hydroxylation sites is 1. The number of hydrogen-bond donors (Lipinski definition) is 1. The van der Waals surface area contributed by atoms with Gasteiger partial charge in [0, 0.05) is 18.0 Å². The predicted molar refractivity (Wildman–Crippen MR) is 92.2 cm³/mol. The molecule has 0 aliphatic carbocycles. The van der Waals surface area contributed by atoms with Crippen molar-refractivity contribution in [3.8, 4) is 11.5 Å². The van der Waals surface area contributed by atoms with Crippen LogP contribution in [0.5, 0.6) is 11.5 Å². The Morgan fingerprint density at radius 2 is 2.04 bits per heavy atom. The lowest BCUT2D eigenvalue weighted by atomic mass is 9.93. The summed E-state index contributed by atoms with van der Waals surface area (Å²) < 4.78 is 52.4. The fraction of sp³-hybridized carbons (Fsp3) is 0.333. The van der Waals surface area contributed by atoms with Crippen molar-refractivity contribution in [2.45, 2.75) is 24.2 Å². The highest BCUT2D eigenvalue weighted by atomic mass is 32.2. The molecule has 0 radical (unpaired) electrons. The monoisotopic (exact) mass is 365 g/mol. The summed E-state index contributed by atoms with van der Waals surface area (Å²) in [5.41, 5.74) is 1.02. The third-order valence-electron chi connectivity index (χ3n) is 4.41. The third kappa shape index (κ3) is 3.48. The van der Waals surface area contributed by atoms with Crippen LogP contribution in [0.25, 0.3) is 0 Å². The molecule has 2 aromatic rings. The summed E-state index contributed by atoms with van der Waals surface area (Å²) in [6.45, 7) is 2.20. The molecule has 1 heterocycles. The molecular weight excluding hydrogens is 345 g/mol. The van der Waals surface area contributed by atoms with Gasteiger partial charge in [0.05, 0.1) is 18.6 Å². The van der Waals surface area contributed by atoms with E-state index in [1.165, 1.54) is 26.2 Å². The van der Waals surface area contributed by atoms with Crippen LogP contribution in [0, 0.1) is 12.7 Å². The van der Waals surface area contributed by atoms with E-state index < -0.39 is 15.8 Å². The molecule has 2 aromatic carbocycles. The number of benzene rings is 2. The number of fused-ring (bicyclic) bond motifs is 1. The van der Waals surface area contributed by atoms with E-state index in [9.17, 15) is 12.8 Å². The number of rotatable bonds is 5. The summed E-state index contributed by atoms with van der Waals surface area (Å²) in [6, 6.07) is 10.3. The first-order valence-corrected chi connectivity index (χ1v) is 9.47. The Kier molecular flexibility index (Phi) is 4.96. The average molecular weight is 365 g/mol. The number of sulfonamides is 1. The number of hydrogen-bond acceptors (Lipinski definition) is 4. The van der Waals surface area contributed by atoms with Crippen LogP contribution in [0.15, 0.2) is 41.3 Å². The largest absolute Gasteiger partial charge is 0.494 e. The average Bonchev–Trinajstić information content (AvgIpc) is 2.62. The van der Waals surface area contributed by atoms with Crippen LogP contribution in [-0.4, -0.2) is 28.7 Å². The summed E-state index contributed by atoms with van der Waals surface area (Å²) in [5, 5.41) is 0. The van der Waals surface area contributed by atoms with Gasteiger partial charge >= 0.3 is 0 Å². The molecule has 7 heteroatoms. The van der Waals surface area contributed by atoms with Crippen molar-refractivity contribution in [2.24, 2.45) is 0 Å². The summed E-state index contributed by atoms with van der Waals surface area (Å²) in [6.07, 6.45) is 0.718. The van der Waals surface area contributed by atoms with Crippen LogP contribution in [0.4, 0.5) is 4.39 Å². The van der Waals surface area contributed by atoms with Gasteiger partial charge in [-0.3, -0.25) is 0 Å². The Bertz CT molecular complexity index is 883. The van der Waals surface area contributed by atoms with E-state index in [-0.39, 0.29) is 28.7 Å². The van der Waals surface area contributed by atoms with E-state index in [1.54, 1.807) is 0 Å². The number of halogens is 1. The van der Waals surface area contributed by atoms with E-state index in [4.69, 9.17) is 9.47 Å². The summed E-state index contributed by atoms with van der Waals surface area (Å²) in [4.78, 5) is -0.0776. The molecule has 1 aliphatic rings. The van der Waals surface area contributed by atoms with Crippen LogP contribution in [-0.2, 0) is 10.0 Å². The van der Waals surface area contributed by atoms with Gasteiger partial charge in [0.25, 0.3) is 0 Å². The molecular formula is C18H20FNO4S. The second kappa shape index (κ2) is 7.01. The lowest BCUT2D eigenvalue weighted by molar-refractivity contribution is 0.267. The van der Waals surface area contributed by atoms with Gasteiger partial charge in [-0.2, -0.15) is 0 Å². The van der Waals surface area contributed by atoms with E-state index in [1.807, 2.05) is 24.3 Å². The van der Waals surface area contributed by atoms with Crippen molar-refractivity contribution < 1.29 is 22.3 Å². The normalized spacial score (nSPS) is 16.8. The predicted octanol–water partition coefficient (Wildman–Crippen LogP) is 2.99. The van der Waals surface area contributed by atoms with Crippen molar-refractivity contribution in [1.29, 1.82) is 0 Å². The first-order chi connectivity index (χ1) is 11.9.